The molecule has 2 fully saturated rings. The molecule has 0 unspecified atom stereocenters. The van der Waals surface area contributed by atoms with Crippen LogP contribution in [0.2, 0.25) is 0 Å². The SMILES string of the molecule is NC1(Cc2cc(F)c(F)cc2N2CCOCC2)CC1. The van der Waals surface area contributed by atoms with Crippen molar-refractivity contribution in [2.24, 2.45) is 5.73 Å². The van der Waals surface area contributed by atoms with Crippen LogP contribution in [0.3, 0.4) is 0 Å². The summed E-state index contributed by atoms with van der Waals surface area (Å²) >= 11 is 0. The lowest BCUT2D eigenvalue weighted by molar-refractivity contribution is 0.122. The van der Waals surface area contributed by atoms with E-state index in [4.69, 9.17) is 10.5 Å². The topological polar surface area (TPSA) is 38.5 Å². The molecule has 3 nitrogen and oxygen atoms in total. The third-order valence-corrected chi connectivity index (χ3v) is 3.91. The van der Waals surface area contributed by atoms with Gasteiger partial charge < -0.3 is 15.4 Å². The van der Waals surface area contributed by atoms with Crippen LogP contribution in [0, 0.1) is 11.6 Å². The van der Waals surface area contributed by atoms with Crippen molar-refractivity contribution >= 4 is 5.69 Å². The number of rotatable bonds is 3. The minimum absolute atomic E-state index is 0.217. The number of hydrogen-bond donors (Lipinski definition) is 1. The number of anilines is 1. The molecular formula is C14H18F2N2O. The van der Waals surface area contributed by atoms with Crippen LogP contribution >= 0.6 is 0 Å². The van der Waals surface area contributed by atoms with Crippen molar-refractivity contribution in [1.29, 1.82) is 0 Å². The number of nitrogens with two attached hydrogens (primary N) is 1. The molecule has 0 spiro atoms. The van der Waals surface area contributed by atoms with Gasteiger partial charge in [0.2, 0.25) is 0 Å². The van der Waals surface area contributed by atoms with Gasteiger partial charge in [0.1, 0.15) is 0 Å². The lowest BCUT2D eigenvalue weighted by Gasteiger charge is -2.31. The molecule has 104 valence electrons. The van der Waals surface area contributed by atoms with Crippen molar-refractivity contribution in [3.8, 4) is 0 Å². The Morgan fingerprint density at radius 2 is 1.79 bits per heavy atom. The van der Waals surface area contributed by atoms with Crippen molar-refractivity contribution in [2.75, 3.05) is 31.2 Å². The van der Waals surface area contributed by atoms with Crippen LogP contribution in [-0.4, -0.2) is 31.8 Å². The second kappa shape index (κ2) is 4.72. The molecule has 1 aliphatic carbocycles. The first kappa shape index (κ1) is 12.8. The molecule has 1 aromatic rings. The van der Waals surface area contributed by atoms with Gasteiger partial charge in [-0.1, -0.05) is 0 Å². The first-order valence-electron chi connectivity index (χ1n) is 6.67. The largest absolute Gasteiger partial charge is 0.378 e. The van der Waals surface area contributed by atoms with E-state index < -0.39 is 11.6 Å². The molecule has 0 radical (unpaired) electrons. The summed E-state index contributed by atoms with van der Waals surface area (Å²) < 4.78 is 32.3. The Morgan fingerprint density at radius 1 is 1.16 bits per heavy atom. The van der Waals surface area contributed by atoms with Crippen molar-refractivity contribution in [1.82, 2.24) is 0 Å². The van der Waals surface area contributed by atoms with E-state index >= 15 is 0 Å². The smallest absolute Gasteiger partial charge is 0.160 e. The first-order chi connectivity index (χ1) is 9.07. The highest BCUT2D eigenvalue weighted by molar-refractivity contribution is 5.55. The quantitative estimate of drug-likeness (QED) is 0.909. The fraction of sp³-hybridized carbons (Fsp3) is 0.571. The second-order valence-electron chi connectivity index (χ2n) is 5.53. The molecule has 0 aromatic heterocycles. The molecule has 1 saturated carbocycles. The summed E-state index contributed by atoms with van der Waals surface area (Å²) in [5.74, 6) is -1.59. The van der Waals surface area contributed by atoms with Gasteiger partial charge in [-0.15, -0.1) is 0 Å². The molecular weight excluding hydrogens is 250 g/mol. The maximum Gasteiger partial charge on any atom is 0.160 e. The van der Waals surface area contributed by atoms with Gasteiger partial charge in [0.15, 0.2) is 11.6 Å². The fourth-order valence-corrected chi connectivity index (χ4v) is 2.53. The van der Waals surface area contributed by atoms with E-state index in [-0.39, 0.29) is 5.54 Å². The molecule has 19 heavy (non-hydrogen) atoms. The monoisotopic (exact) mass is 268 g/mol. The van der Waals surface area contributed by atoms with Crippen LogP contribution in [0.4, 0.5) is 14.5 Å². The average Bonchev–Trinajstić information content (AvgIpc) is 3.12. The molecule has 5 heteroatoms. The summed E-state index contributed by atoms with van der Waals surface area (Å²) in [7, 11) is 0. The maximum atomic E-state index is 13.5. The molecule has 3 rings (SSSR count). The van der Waals surface area contributed by atoms with Crippen molar-refractivity contribution in [2.45, 2.75) is 24.8 Å². The summed E-state index contributed by atoms with van der Waals surface area (Å²) in [6.07, 6.45) is 2.51. The van der Waals surface area contributed by atoms with Crippen LogP contribution in [0.25, 0.3) is 0 Å². The summed E-state index contributed by atoms with van der Waals surface area (Å²) in [6.45, 7) is 2.64. The highest BCUT2D eigenvalue weighted by Gasteiger charge is 2.39. The second-order valence-corrected chi connectivity index (χ2v) is 5.53. The number of halogens is 2. The number of morpholine rings is 1. The van der Waals surface area contributed by atoms with Gasteiger partial charge >= 0.3 is 0 Å². The summed E-state index contributed by atoms with van der Waals surface area (Å²) in [4.78, 5) is 2.05. The Hall–Kier alpha value is -1.20. The Kier molecular flexibility index (Phi) is 3.19. The van der Waals surface area contributed by atoms with E-state index in [0.717, 1.165) is 24.1 Å². The summed E-state index contributed by atoms with van der Waals surface area (Å²) in [6, 6.07) is 2.59. The molecule has 0 amide bonds. The van der Waals surface area contributed by atoms with Crippen molar-refractivity contribution < 1.29 is 13.5 Å². The van der Waals surface area contributed by atoms with Crippen LogP contribution in [0.15, 0.2) is 12.1 Å². The van der Waals surface area contributed by atoms with Gasteiger partial charge in [0, 0.05) is 30.4 Å². The molecule has 1 heterocycles. The van der Waals surface area contributed by atoms with Crippen LogP contribution in [-0.2, 0) is 11.2 Å². The van der Waals surface area contributed by atoms with Crippen LogP contribution in [0.5, 0.6) is 0 Å². The van der Waals surface area contributed by atoms with Crippen LogP contribution < -0.4 is 10.6 Å². The molecule has 1 aliphatic heterocycles. The molecule has 0 bridgehead atoms. The standard InChI is InChI=1S/C14H18F2N2O/c15-11-7-10(9-14(17)1-2-14)13(8-12(11)16)18-3-5-19-6-4-18/h7-8H,1-6,9,17H2. The van der Waals surface area contributed by atoms with E-state index in [0.29, 0.717) is 32.7 Å². The molecule has 2 aliphatic rings. The zero-order valence-corrected chi connectivity index (χ0v) is 10.8. The Balaban J connectivity index is 1.92. The van der Waals surface area contributed by atoms with Gasteiger partial charge in [0.05, 0.1) is 13.2 Å². The lowest BCUT2D eigenvalue weighted by Crippen LogP contribution is -2.37. The zero-order chi connectivity index (χ0) is 13.5. The molecule has 0 atom stereocenters. The van der Waals surface area contributed by atoms with Gasteiger partial charge in [-0.05, 0) is 30.9 Å². The van der Waals surface area contributed by atoms with Gasteiger partial charge in [-0.3, -0.25) is 0 Å². The first-order valence-corrected chi connectivity index (χ1v) is 6.67. The maximum absolute atomic E-state index is 13.5. The Morgan fingerprint density at radius 3 is 2.42 bits per heavy atom. The molecule has 1 aromatic carbocycles. The average molecular weight is 268 g/mol. The molecule has 2 N–H and O–H groups in total. The predicted molar refractivity (Wildman–Crippen MR) is 69.2 cm³/mol. The highest BCUT2D eigenvalue weighted by atomic mass is 19.2. The van der Waals surface area contributed by atoms with Crippen LogP contribution in [0.1, 0.15) is 18.4 Å². The molecule has 1 saturated heterocycles. The third-order valence-electron chi connectivity index (χ3n) is 3.91. The highest BCUT2D eigenvalue weighted by Crippen LogP contribution is 2.38. The predicted octanol–water partition coefficient (Wildman–Crippen LogP) is 1.84. The number of benzene rings is 1. The van der Waals surface area contributed by atoms with E-state index in [9.17, 15) is 8.78 Å². The normalized spacial score (nSPS) is 21.5. The van der Waals surface area contributed by atoms with Gasteiger partial charge in [-0.25, -0.2) is 8.78 Å². The van der Waals surface area contributed by atoms with Crippen molar-refractivity contribution in [3.05, 3.63) is 29.3 Å². The van der Waals surface area contributed by atoms with E-state index in [2.05, 4.69) is 0 Å². The fourth-order valence-electron chi connectivity index (χ4n) is 2.53. The number of ether oxygens (including phenoxy) is 1. The van der Waals surface area contributed by atoms with Gasteiger partial charge in [0.25, 0.3) is 0 Å². The number of nitrogens with zero attached hydrogens (tertiary/aromatic N) is 1. The summed E-state index contributed by atoms with van der Waals surface area (Å²) in [5, 5.41) is 0. The number of hydrogen-bond acceptors (Lipinski definition) is 3. The zero-order valence-electron chi connectivity index (χ0n) is 10.8. The minimum Gasteiger partial charge on any atom is -0.378 e. The van der Waals surface area contributed by atoms with E-state index in [1.807, 2.05) is 4.90 Å². The van der Waals surface area contributed by atoms with Gasteiger partial charge in [-0.2, -0.15) is 0 Å². The third kappa shape index (κ3) is 2.72. The summed E-state index contributed by atoms with van der Waals surface area (Å²) in [5.41, 5.74) is 7.46. The lowest BCUT2D eigenvalue weighted by atomic mass is 10.0. The Labute approximate surface area is 111 Å². The van der Waals surface area contributed by atoms with E-state index in [1.165, 1.54) is 12.1 Å². The minimum atomic E-state index is -0.799. The van der Waals surface area contributed by atoms with E-state index in [1.54, 1.807) is 0 Å². The Bertz CT molecular complexity index is 483. The van der Waals surface area contributed by atoms with Crippen molar-refractivity contribution in [3.63, 3.8) is 0 Å².